The van der Waals surface area contributed by atoms with E-state index >= 15 is 0 Å². The normalized spacial score (nSPS) is 30.4. The van der Waals surface area contributed by atoms with Gasteiger partial charge in [0.25, 0.3) is 0 Å². The van der Waals surface area contributed by atoms with Crippen molar-refractivity contribution >= 4 is 5.84 Å². The van der Waals surface area contributed by atoms with Gasteiger partial charge in [0.1, 0.15) is 5.69 Å². The van der Waals surface area contributed by atoms with Crippen LogP contribution in [0.15, 0.2) is 15.2 Å². The summed E-state index contributed by atoms with van der Waals surface area (Å²) >= 11 is 0. The molecule has 0 aromatic carbocycles. The number of aromatic amines is 1. The number of rotatable bonds is 5. The lowest BCUT2D eigenvalue weighted by atomic mass is 10.0. The molecule has 100 valence electrons. The topological polar surface area (TPSA) is 65.8 Å². The number of fused-ring (bicyclic) bond motifs is 3. The third-order valence-electron chi connectivity index (χ3n) is 4.80. The molecule has 0 saturated heterocycles. The second-order valence-electron chi connectivity index (χ2n) is 5.88. The quantitative estimate of drug-likeness (QED) is 0.809. The molecule has 1 aromatic rings. The minimum Gasteiger partial charge on any atom is -0.274 e. The van der Waals surface area contributed by atoms with Crippen molar-refractivity contribution in [2.45, 2.75) is 44.9 Å². The van der Waals surface area contributed by atoms with Gasteiger partial charge >= 0.3 is 0 Å². The molecule has 4 rings (SSSR count). The Morgan fingerprint density at radius 2 is 2.26 bits per heavy atom. The fourth-order valence-corrected chi connectivity index (χ4v) is 3.79. The number of aliphatic imine (C=N–C) groups is 1. The first-order valence-electron chi connectivity index (χ1n) is 7.39. The molecule has 3 atom stereocenters. The van der Waals surface area contributed by atoms with Crippen LogP contribution in [0.4, 0.5) is 0 Å². The SMILES string of the molecule is CCCCCC1C2Cc3c(n[nH]c3C3=NCN=N3)C12. The highest BCUT2D eigenvalue weighted by Gasteiger charge is 2.57. The van der Waals surface area contributed by atoms with Crippen molar-refractivity contribution in [3.63, 3.8) is 0 Å². The molecule has 1 fully saturated rings. The molecule has 0 radical (unpaired) electrons. The Bertz CT molecular complexity index is 556. The smallest absolute Gasteiger partial charge is 0.197 e. The molecule has 0 amide bonds. The summed E-state index contributed by atoms with van der Waals surface area (Å²) in [6.45, 7) is 2.73. The van der Waals surface area contributed by atoms with Crippen LogP contribution in [0, 0.1) is 11.8 Å². The van der Waals surface area contributed by atoms with Gasteiger partial charge in [0.05, 0.1) is 5.69 Å². The average molecular weight is 257 g/mol. The van der Waals surface area contributed by atoms with Gasteiger partial charge in [-0.1, -0.05) is 26.2 Å². The van der Waals surface area contributed by atoms with Gasteiger partial charge in [-0.25, -0.2) is 4.99 Å². The van der Waals surface area contributed by atoms with Crippen molar-refractivity contribution in [3.8, 4) is 0 Å². The molecule has 1 aromatic heterocycles. The fourth-order valence-electron chi connectivity index (χ4n) is 3.79. The lowest BCUT2D eigenvalue weighted by molar-refractivity contribution is 0.571. The zero-order valence-electron chi connectivity index (χ0n) is 11.3. The first-order valence-corrected chi connectivity index (χ1v) is 7.39. The van der Waals surface area contributed by atoms with Crippen LogP contribution in [0.1, 0.15) is 55.5 Å². The largest absolute Gasteiger partial charge is 0.274 e. The monoisotopic (exact) mass is 257 g/mol. The van der Waals surface area contributed by atoms with Gasteiger partial charge < -0.3 is 0 Å². The zero-order valence-corrected chi connectivity index (χ0v) is 11.3. The van der Waals surface area contributed by atoms with E-state index < -0.39 is 0 Å². The molecular formula is C14H19N5. The molecule has 1 saturated carbocycles. The van der Waals surface area contributed by atoms with E-state index in [1.54, 1.807) is 0 Å². The molecule has 3 aliphatic rings. The highest BCUT2D eigenvalue weighted by molar-refractivity contribution is 5.99. The molecule has 2 aliphatic carbocycles. The predicted octanol–water partition coefficient (Wildman–Crippen LogP) is 3.05. The highest BCUT2D eigenvalue weighted by Crippen LogP contribution is 2.63. The second-order valence-corrected chi connectivity index (χ2v) is 5.88. The summed E-state index contributed by atoms with van der Waals surface area (Å²) in [6.07, 6.45) is 6.60. The van der Waals surface area contributed by atoms with Gasteiger partial charge in [-0.3, -0.25) is 5.10 Å². The Hall–Kier alpha value is -1.52. The maximum Gasteiger partial charge on any atom is 0.197 e. The van der Waals surface area contributed by atoms with Crippen LogP contribution < -0.4 is 0 Å². The molecule has 0 bridgehead atoms. The van der Waals surface area contributed by atoms with Crippen LogP contribution in [0.5, 0.6) is 0 Å². The van der Waals surface area contributed by atoms with E-state index in [0.29, 0.717) is 6.67 Å². The van der Waals surface area contributed by atoms with E-state index in [0.717, 1.165) is 35.7 Å². The molecule has 2 heterocycles. The van der Waals surface area contributed by atoms with Crippen molar-refractivity contribution in [2.24, 2.45) is 27.1 Å². The van der Waals surface area contributed by atoms with E-state index in [-0.39, 0.29) is 0 Å². The number of hydrogen-bond donors (Lipinski definition) is 1. The van der Waals surface area contributed by atoms with Crippen LogP contribution in [0.2, 0.25) is 0 Å². The number of amidine groups is 1. The first kappa shape index (κ1) is 11.3. The summed E-state index contributed by atoms with van der Waals surface area (Å²) in [7, 11) is 0. The Kier molecular flexibility index (Phi) is 2.53. The third kappa shape index (κ3) is 1.67. The molecule has 0 spiro atoms. The van der Waals surface area contributed by atoms with Gasteiger partial charge in [0, 0.05) is 11.5 Å². The standard InChI is InChI=1S/C14H19N5/c1-2-3-4-5-8-9-6-10-12(11(8)9)17-18-13(10)14-15-7-16-19-14/h8-9,11H,2-7H2,1H3,(H,17,18). The number of nitrogens with zero attached hydrogens (tertiary/aromatic N) is 4. The van der Waals surface area contributed by atoms with Gasteiger partial charge in [-0.15, -0.1) is 5.11 Å². The van der Waals surface area contributed by atoms with E-state index in [2.05, 4.69) is 32.3 Å². The predicted molar refractivity (Wildman–Crippen MR) is 72.4 cm³/mol. The number of azo groups is 1. The molecular weight excluding hydrogens is 238 g/mol. The van der Waals surface area contributed by atoms with E-state index in [1.807, 2.05) is 0 Å². The number of nitrogens with one attached hydrogen (secondary N) is 1. The molecule has 5 heteroatoms. The first-order chi connectivity index (χ1) is 9.40. The zero-order chi connectivity index (χ0) is 12.8. The Morgan fingerprint density at radius 1 is 1.32 bits per heavy atom. The molecule has 3 unspecified atom stereocenters. The molecule has 5 nitrogen and oxygen atoms in total. The van der Waals surface area contributed by atoms with Crippen molar-refractivity contribution in [1.29, 1.82) is 0 Å². The van der Waals surface area contributed by atoms with Gasteiger partial charge in [0.15, 0.2) is 12.5 Å². The Balaban J connectivity index is 1.49. The minimum atomic E-state index is 0.468. The number of hydrogen-bond acceptors (Lipinski definition) is 4. The van der Waals surface area contributed by atoms with Gasteiger partial charge in [-0.05, 0) is 24.7 Å². The van der Waals surface area contributed by atoms with Crippen molar-refractivity contribution in [1.82, 2.24) is 10.2 Å². The summed E-state index contributed by atoms with van der Waals surface area (Å²) in [4.78, 5) is 4.29. The number of aromatic nitrogens is 2. The Labute approximate surface area is 112 Å². The number of H-pyrrole nitrogens is 1. The van der Waals surface area contributed by atoms with Gasteiger partial charge in [0.2, 0.25) is 0 Å². The fraction of sp³-hybridized carbons (Fsp3) is 0.714. The summed E-state index contributed by atoms with van der Waals surface area (Å²) in [5.41, 5.74) is 3.68. The van der Waals surface area contributed by atoms with Gasteiger partial charge in [-0.2, -0.15) is 10.2 Å². The molecule has 1 N–H and O–H groups in total. The lowest BCUT2D eigenvalue weighted by Gasteiger charge is -2.03. The van der Waals surface area contributed by atoms with E-state index in [4.69, 9.17) is 0 Å². The Morgan fingerprint density at radius 3 is 3.05 bits per heavy atom. The summed E-state index contributed by atoms with van der Waals surface area (Å²) in [6, 6.07) is 0. The summed E-state index contributed by atoms with van der Waals surface area (Å²) in [5, 5.41) is 15.7. The highest BCUT2D eigenvalue weighted by atomic mass is 15.3. The van der Waals surface area contributed by atoms with Crippen molar-refractivity contribution in [2.75, 3.05) is 6.67 Å². The number of unbranched alkanes of at least 4 members (excludes halogenated alkanes) is 2. The maximum atomic E-state index is 4.53. The average Bonchev–Trinajstić information content (AvgIpc) is 2.90. The lowest BCUT2D eigenvalue weighted by Crippen LogP contribution is -2.01. The van der Waals surface area contributed by atoms with Crippen LogP contribution >= 0.6 is 0 Å². The second kappa shape index (κ2) is 4.25. The summed E-state index contributed by atoms with van der Waals surface area (Å²) in [5.74, 6) is 3.21. The van der Waals surface area contributed by atoms with Crippen molar-refractivity contribution in [3.05, 3.63) is 17.0 Å². The van der Waals surface area contributed by atoms with Crippen molar-refractivity contribution < 1.29 is 0 Å². The summed E-state index contributed by atoms with van der Waals surface area (Å²) < 4.78 is 0. The maximum absolute atomic E-state index is 4.53. The van der Waals surface area contributed by atoms with Crippen LogP contribution in [-0.2, 0) is 6.42 Å². The third-order valence-corrected chi connectivity index (χ3v) is 4.80. The van der Waals surface area contributed by atoms with Crippen LogP contribution in [-0.4, -0.2) is 22.7 Å². The van der Waals surface area contributed by atoms with E-state index in [1.165, 1.54) is 36.9 Å². The molecule has 1 aliphatic heterocycles. The van der Waals surface area contributed by atoms with E-state index in [9.17, 15) is 0 Å². The molecule has 19 heavy (non-hydrogen) atoms. The van der Waals surface area contributed by atoms with Crippen LogP contribution in [0.3, 0.4) is 0 Å². The minimum absolute atomic E-state index is 0.468. The van der Waals surface area contributed by atoms with Crippen LogP contribution in [0.25, 0.3) is 0 Å².